The summed E-state index contributed by atoms with van der Waals surface area (Å²) in [6.07, 6.45) is 0.782. The van der Waals surface area contributed by atoms with Crippen molar-refractivity contribution < 1.29 is 0 Å². The van der Waals surface area contributed by atoms with Crippen LogP contribution < -0.4 is 0 Å². The highest BCUT2D eigenvalue weighted by atomic mass is 79.9. The summed E-state index contributed by atoms with van der Waals surface area (Å²) in [6.45, 7) is 4.19. The highest BCUT2D eigenvalue weighted by Gasteiger charge is 2.06. The second-order valence-corrected chi connectivity index (χ2v) is 4.27. The van der Waals surface area contributed by atoms with Crippen LogP contribution in [0.5, 0.6) is 0 Å². The van der Waals surface area contributed by atoms with Gasteiger partial charge in [-0.3, -0.25) is 0 Å². The maximum Gasteiger partial charge on any atom is 0.105 e. The van der Waals surface area contributed by atoms with Crippen LogP contribution in [0.3, 0.4) is 0 Å². The second-order valence-electron chi connectivity index (χ2n) is 3.16. The van der Waals surface area contributed by atoms with E-state index >= 15 is 0 Å². The van der Waals surface area contributed by atoms with E-state index in [1.54, 1.807) is 0 Å². The summed E-state index contributed by atoms with van der Waals surface area (Å²) in [5.41, 5.74) is 3.83. The Morgan fingerprint density at radius 2 is 2.15 bits per heavy atom. The summed E-state index contributed by atoms with van der Waals surface area (Å²) in [4.78, 5) is -0.0759. The lowest BCUT2D eigenvalue weighted by Gasteiger charge is -2.08. The van der Waals surface area contributed by atoms with Gasteiger partial charge in [0.1, 0.15) is 4.83 Å². The first-order valence-electron chi connectivity index (χ1n) is 4.24. The van der Waals surface area contributed by atoms with Gasteiger partial charge in [-0.25, -0.2) is 0 Å². The van der Waals surface area contributed by atoms with Gasteiger partial charge in [0.15, 0.2) is 0 Å². The number of nitrogens with zero attached hydrogens (tertiary/aromatic N) is 1. The molecule has 1 atom stereocenters. The third kappa shape index (κ3) is 2.57. The molecule has 0 heterocycles. The smallest absolute Gasteiger partial charge is 0.105 e. The van der Waals surface area contributed by atoms with Gasteiger partial charge in [0.05, 0.1) is 6.07 Å². The summed E-state index contributed by atoms with van der Waals surface area (Å²) >= 11 is 3.31. The van der Waals surface area contributed by atoms with Crippen LogP contribution in [0.25, 0.3) is 0 Å². The number of benzene rings is 1. The first-order valence-corrected chi connectivity index (χ1v) is 5.15. The van der Waals surface area contributed by atoms with E-state index in [2.05, 4.69) is 48.0 Å². The second kappa shape index (κ2) is 4.43. The van der Waals surface area contributed by atoms with Crippen molar-refractivity contribution in [2.45, 2.75) is 25.1 Å². The van der Waals surface area contributed by atoms with E-state index < -0.39 is 0 Å². The van der Waals surface area contributed by atoms with Crippen LogP contribution in [0.15, 0.2) is 18.2 Å². The molecule has 13 heavy (non-hydrogen) atoms. The van der Waals surface area contributed by atoms with Crippen molar-refractivity contribution in [3.8, 4) is 6.07 Å². The monoisotopic (exact) mass is 237 g/mol. The molecule has 1 aromatic carbocycles. The summed E-state index contributed by atoms with van der Waals surface area (Å²) in [6, 6.07) is 8.38. The molecule has 0 fully saturated rings. The normalized spacial score (nSPS) is 12.2. The minimum absolute atomic E-state index is 0.0759. The van der Waals surface area contributed by atoms with Crippen molar-refractivity contribution in [1.82, 2.24) is 0 Å². The third-order valence-electron chi connectivity index (χ3n) is 2.26. The maximum absolute atomic E-state index is 8.66. The fourth-order valence-electron chi connectivity index (χ4n) is 1.27. The van der Waals surface area contributed by atoms with Crippen molar-refractivity contribution in [1.29, 1.82) is 5.26 Å². The van der Waals surface area contributed by atoms with Gasteiger partial charge >= 0.3 is 0 Å². The molecule has 0 N–H and O–H groups in total. The van der Waals surface area contributed by atoms with E-state index in [1.807, 2.05) is 6.07 Å². The van der Waals surface area contributed by atoms with E-state index in [1.165, 1.54) is 16.7 Å². The Bertz CT molecular complexity index is 338. The van der Waals surface area contributed by atoms with Gasteiger partial charge in [-0.15, -0.1) is 0 Å². The first kappa shape index (κ1) is 10.3. The minimum atomic E-state index is -0.0759. The molecule has 0 bridgehead atoms. The number of aryl methyl sites for hydroxylation is 1. The van der Waals surface area contributed by atoms with E-state index in [0.29, 0.717) is 0 Å². The molecule has 0 aliphatic rings. The molecule has 1 rings (SSSR count). The molecule has 2 heteroatoms. The zero-order valence-corrected chi connectivity index (χ0v) is 9.43. The number of hydrogen-bond donors (Lipinski definition) is 0. The highest BCUT2D eigenvalue weighted by Crippen LogP contribution is 2.16. The third-order valence-corrected chi connectivity index (χ3v) is 2.78. The first-order chi connectivity index (χ1) is 6.15. The molecule has 1 aromatic rings. The molecule has 0 radical (unpaired) electrons. The maximum atomic E-state index is 8.66. The van der Waals surface area contributed by atoms with Crippen LogP contribution in [0.4, 0.5) is 0 Å². The molecule has 68 valence electrons. The zero-order chi connectivity index (χ0) is 9.84. The minimum Gasteiger partial charge on any atom is -0.197 e. The Balaban J connectivity index is 2.90. The van der Waals surface area contributed by atoms with Crippen molar-refractivity contribution in [2.75, 3.05) is 0 Å². The molecule has 0 saturated heterocycles. The predicted octanol–water partition coefficient (Wildman–Crippen LogP) is 3.13. The lowest BCUT2D eigenvalue weighted by Crippen LogP contribution is -2.01. The van der Waals surface area contributed by atoms with Crippen molar-refractivity contribution in [2.24, 2.45) is 0 Å². The number of nitriles is 1. The largest absolute Gasteiger partial charge is 0.197 e. The molecule has 0 aliphatic heterocycles. The van der Waals surface area contributed by atoms with E-state index in [-0.39, 0.29) is 4.83 Å². The van der Waals surface area contributed by atoms with Crippen LogP contribution in [0.2, 0.25) is 0 Å². The van der Waals surface area contributed by atoms with Crippen molar-refractivity contribution in [3.63, 3.8) is 0 Å². The van der Waals surface area contributed by atoms with Crippen LogP contribution in [-0.2, 0) is 6.42 Å². The Morgan fingerprint density at radius 1 is 1.46 bits per heavy atom. The molecular weight excluding hydrogens is 226 g/mol. The molecule has 0 aromatic heterocycles. The standard InChI is InChI=1S/C11H12BrN/c1-8-4-3-5-10(9(8)2)6-11(12)7-13/h3-5,11H,6H2,1-2H3. The molecule has 1 nitrogen and oxygen atoms in total. The number of rotatable bonds is 2. The SMILES string of the molecule is Cc1cccc(CC(Br)C#N)c1C. The number of halogens is 1. The summed E-state index contributed by atoms with van der Waals surface area (Å²) in [5, 5.41) is 8.66. The van der Waals surface area contributed by atoms with Crippen LogP contribution in [0, 0.1) is 25.2 Å². The van der Waals surface area contributed by atoms with Crippen molar-refractivity contribution in [3.05, 3.63) is 34.9 Å². The molecule has 0 amide bonds. The lowest BCUT2D eigenvalue weighted by molar-refractivity contribution is 1.02. The van der Waals surface area contributed by atoms with E-state index in [0.717, 1.165) is 6.42 Å². The zero-order valence-electron chi connectivity index (χ0n) is 7.84. The Hall–Kier alpha value is -0.810. The van der Waals surface area contributed by atoms with Gasteiger partial charge in [-0.2, -0.15) is 5.26 Å². The van der Waals surface area contributed by atoms with Gasteiger partial charge < -0.3 is 0 Å². The molecular formula is C11H12BrN. The topological polar surface area (TPSA) is 23.8 Å². The summed E-state index contributed by atoms with van der Waals surface area (Å²) < 4.78 is 0. The molecule has 0 saturated carbocycles. The quantitative estimate of drug-likeness (QED) is 0.726. The number of hydrogen-bond acceptors (Lipinski definition) is 1. The Morgan fingerprint density at radius 3 is 2.77 bits per heavy atom. The number of alkyl halides is 1. The van der Waals surface area contributed by atoms with E-state index in [4.69, 9.17) is 5.26 Å². The van der Waals surface area contributed by atoms with Gasteiger partial charge in [-0.1, -0.05) is 34.1 Å². The van der Waals surface area contributed by atoms with Gasteiger partial charge in [-0.05, 0) is 37.0 Å². The molecule has 1 unspecified atom stereocenters. The Kier molecular flexibility index (Phi) is 3.50. The van der Waals surface area contributed by atoms with Crippen LogP contribution in [-0.4, -0.2) is 4.83 Å². The Labute approximate surface area is 87.5 Å². The van der Waals surface area contributed by atoms with Crippen LogP contribution >= 0.6 is 15.9 Å². The van der Waals surface area contributed by atoms with Gasteiger partial charge in [0, 0.05) is 0 Å². The van der Waals surface area contributed by atoms with Crippen LogP contribution in [0.1, 0.15) is 16.7 Å². The fourth-order valence-corrected chi connectivity index (χ4v) is 1.62. The van der Waals surface area contributed by atoms with Gasteiger partial charge in [0.25, 0.3) is 0 Å². The highest BCUT2D eigenvalue weighted by molar-refractivity contribution is 9.09. The van der Waals surface area contributed by atoms with Gasteiger partial charge in [0.2, 0.25) is 0 Å². The molecule has 0 spiro atoms. The fraction of sp³-hybridized carbons (Fsp3) is 0.364. The lowest BCUT2D eigenvalue weighted by atomic mass is 10.0. The van der Waals surface area contributed by atoms with Crippen molar-refractivity contribution >= 4 is 15.9 Å². The predicted molar refractivity (Wildman–Crippen MR) is 57.9 cm³/mol. The van der Waals surface area contributed by atoms with E-state index in [9.17, 15) is 0 Å². The summed E-state index contributed by atoms with van der Waals surface area (Å²) in [7, 11) is 0. The molecule has 0 aliphatic carbocycles. The average Bonchev–Trinajstić information content (AvgIpc) is 2.13. The average molecular weight is 238 g/mol. The summed E-state index contributed by atoms with van der Waals surface area (Å²) in [5.74, 6) is 0.